The molecule has 0 fully saturated rings. The number of benzene rings is 1. The normalized spacial score (nSPS) is 10.1. The van der Waals surface area contributed by atoms with Gasteiger partial charge in [-0.25, -0.2) is 4.79 Å². The molecule has 1 aromatic heterocycles. The smallest absolute Gasteiger partial charge is 0.323 e. The quantitative estimate of drug-likeness (QED) is 0.615. The minimum Gasteiger partial charge on any atom is -0.508 e. The Labute approximate surface area is 96.3 Å². The third-order valence-electron chi connectivity index (χ3n) is 2.27. The molecule has 1 heterocycles. The Morgan fingerprint density at radius 1 is 1.35 bits per heavy atom. The zero-order valence-electron chi connectivity index (χ0n) is 8.86. The van der Waals surface area contributed by atoms with Crippen LogP contribution in [-0.4, -0.2) is 21.0 Å². The van der Waals surface area contributed by atoms with E-state index in [1.807, 2.05) is 0 Å². The minimum atomic E-state index is -0.433. The molecule has 1 aromatic carbocycles. The second-order valence-electron chi connectivity index (χ2n) is 3.47. The number of carbonyl (C=O) groups is 1. The monoisotopic (exact) mass is 233 g/mol. The number of aromatic amines is 2. The molecule has 1 amide bonds. The van der Waals surface area contributed by atoms with E-state index in [1.54, 1.807) is 24.3 Å². The van der Waals surface area contributed by atoms with Gasteiger partial charge in [0.15, 0.2) is 0 Å². The van der Waals surface area contributed by atoms with Gasteiger partial charge in [-0.15, -0.1) is 0 Å². The van der Waals surface area contributed by atoms with Gasteiger partial charge in [0.2, 0.25) is 0 Å². The van der Waals surface area contributed by atoms with Gasteiger partial charge in [-0.2, -0.15) is 0 Å². The summed E-state index contributed by atoms with van der Waals surface area (Å²) in [7, 11) is 0. The number of phenolic OH excluding ortho intramolecular Hbond substituents is 1. The van der Waals surface area contributed by atoms with E-state index in [4.69, 9.17) is 0 Å². The van der Waals surface area contributed by atoms with Crippen molar-refractivity contribution in [1.29, 1.82) is 0 Å². The molecule has 0 atom stereocenters. The molecule has 6 heteroatoms. The van der Waals surface area contributed by atoms with Crippen molar-refractivity contribution in [3.63, 3.8) is 0 Å². The van der Waals surface area contributed by atoms with Crippen LogP contribution in [0.5, 0.6) is 5.75 Å². The number of rotatable bonds is 3. The minimum absolute atomic E-state index is 0.121. The molecule has 0 saturated carbocycles. The van der Waals surface area contributed by atoms with Gasteiger partial charge in [0.1, 0.15) is 11.4 Å². The van der Waals surface area contributed by atoms with Crippen LogP contribution < -0.4 is 11.0 Å². The van der Waals surface area contributed by atoms with E-state index in [0.717, 1.165) is 0 Å². The first kappa shape index (κ1) is 11.0. The molecule has 0 aliphatic rings. The predicted molar refractivity (Wildman–Crippen MR) is 60.7 cm³/mol. The maximum absolute atomic E-state index is 11.6. The average Bonchev–Trinajstić information content (AvgIpc) is 2.74. The number of aromatic nitrogens is 2. The highest BCUT2D eigenvalue weighted by Gasteiger charge is 2.08. The molecule has 0 saturated heterocycles. The topological polar surface area (TPSA) is 98.0 Å². The second kappa shape index (κ2) is 4.56. The summed E-state index contributed by atoms with van der Waals surface area (Å²) in [6.45, 7) is 0.193. The summed E-state index contributed by atoms with van der Waals surface area (Å²) < 4.78 is 0. The molecule has 2 rings (SSSR count). The van der Waals surface area contributed by atoms with Crippen LogP contribution in [0.1, 0.15) is 16.1 Å². The van der Waals surface area contributed by atoms with Crippen LogP contribution in [0.15, 0.2) is 35.3 Å². The van der Waals surface area contributed by atoms with Crippen LogP contribution in [-0.2, 0) is 6.54 Å². The number of amides is 1. The first-order valence-electron chi connectivity index (χ1n) is 4.99. The number of carbonyl (C=O) groups excluding carboxylic acids is 1. The lowest BCUT2D eigenvalue weighted by Gasteiger charge is -2.05. The highest BCUT2D eigenvalue weighted by molar-refractivity contribution is 5.91. The molecular formula is C11H11N3O3. The molecule has 0 bridgehead atoms. The van der Waals surface area contributed by atoms with Gasteiger partial charge in [0.05, 0.1) is 0 Å². The summed E-state index contributed by atoms with van der Waals surface area (Å²) in [6, 6.07) is 6.71. The lowest BCUT2D eigenvalue weighted by molar-refractivity contribution is 0.0946. The summed E-state index contributed by atoms with van der Waals surface area (Å²) in [4.78, 5) is 27.0. The molecule has 0 aliphatic carbocycles. The number of hydrogen-bond donors (Lipinski definition) is 4. The SMILES string of the molecule is O=C(NCc1ccccc1O)c1c[nH]c(=O)[nH]1. The molecule has 0 aliphatic heterocycles. The van der Waals surface area contributed by atoms with Gasteiger partial charge in [-0.05, 0) is 6.07 Å². The summed E-state index contributed by atoms with van der Waals surface area (Å²) in [6.07, 6.45) is 1.29. The average molecular weight is 233 g/mol. The standard InChI is InChI=1S/C11H11N3O3/c15-9-4-2-1-3-7(9)5-12-10(16)8-6-13-11(17)14-8/h1-4,6,15H,5H2,(H,12,16)(H2,13,14,17). The largest absolute Gasteiger partial charge is 0.508 e. The zero-order chi connectivity index (χ0) is 12.3. The fraction of sp³-hybridized carbons (Fsp3) is 0.0909. The fourth-order valence-corrected chi connectivity index (χ4v) is 1.39. The highest BCUT2D eigenvalue weighted by atomic mass is 16.3. The van der Waals surface area contributed by atoms with Crippen molar-refractivity contribution in [2.45, 2.75) is 6.54 Å². The van der Waals surface area contributed by atoms with Crippen molar-refractivity contribution in [1.82, 2.24) is 15.3 Å². The number of phenols is 1. The summed E-state index contributed by atoms with van der Waals surface area (Å²) in [5.41, 5.74) is 0.335. The zero-order valence-corrected chi connectivity index (χ0v) is 8.86. The summed E-state index contributed by atoms with van der Waals surface area (Å²) in [5, 5.41) is 12.1. The number of aromatic hydroxyl groups is 1. The lowest BCUT2D eigenvalue weighted by Crippen LogP contribution is -2.23. The third kappa shape index (κ3) is 2.54. The van der Waals surface area contributed by atoms with Crippen LogP contribution >= 0.6 is 0 Å². The van der Waals surface area contributed by atoms with Gasteiger partial charge in [0, 0.05) is 18.3 Å². The maximum atomic E-state index is 11.6. The van der Waals surface area contributed by atoms with Crippen LogP contribution in [0.2, 0.25) is 0 Å². The fourth-order valence-electron chi connectivity index (χ4n) is 1.39. The Bertz CT molecular complexity index is 585. The van der Waals surface area contributed by atoms with Crippen molar-refractivity contribution in [3.8, 4) is 5.75 Å². The first-order valence-corrected chi connectivity index (χ1v) is 4.99. The van der Waals surface area contributed by atoms with E-state index < -0.39 is 11.6 Å². The van der Waals surface area contributed by atoms with Gasteiger partial charge in [-0.1, -0.05) is 18.2 Å². The molecule has 2 aromatic rings. The van der Waals surface area contributed by atoms with Crippen LogP contribution in [0.3, 0.4) is 0 Å². The van der Waals surface area contributed by atoms with Crippen LogP contribution in [0.4, 0.5) is 0 Å². The van der Waals surface area contributed by atoms with E-state index in [1.165, 1.54) is 6.20 Å². The Balaban J connectivity index is 2.02. The lowest BCUT2D eigenvalue weighted by atomic mass is 10.2. The summed E-state index contributed by atoms with van der Waals surface area (Å²) >= 11 is 0. The van der Waals surface area contributed by atoms with Crippen molar-refractivity contribution in [3.05, 3.63) is 52.2 Å². The Morgan fingerprint density at radius 3 is 2.76 bits per heavy atom. The number of imidazole rings is 1. The Morgan fingerprint density at radius 2 is 2.12 bits per heavy atom. The molecule has 0 radical (unpaired) electrons. The number of H-pyrrole nitrogens is 2. The van der Waals surface area contributed by atoms with Crippen molar-refractivity contribution in [2.75, 3.05) is 0 Å². The van der Waals surface area contributed by atoms with E-state index in [2.05, 4.69) is 15.3 Å². The highest BCUT2D eigenvalue weighted by Crippen LogP contribution is 2.14. The molecule has 4 N–H and O–H groups in total. The molecule has 88 valence electrons. The molecule has 17 heavy (non-hydrogen) atoms. The molecule has 0 unspecified atom stereocenters. The first-order chi connectivity index (χ1) is 8.16. The number of hydrogen-bond acceptors (Lipinski definition) is 3. The predicted octanol–water partition coefficient (Wildman–Crippen LogP) is 0.339. The molecular weight excluding hydrogens is 222 g/mol. The Hall–Kier alpha value is -2.50. The van der Waals surface area contributed by atoms with Gasteiger partial charge < -0.3 is 20.4 Å². The van der Waals surface area contributed by atoms with Gasteiger partial charge in [0.25, 0.3) is 5.91 Å². The van der Waals surface area contributed by atoms with E-state index in [-0.39, 0.29) is 18.0 Å². The Kier molecular flexibility index (Phi) is 2.95. The second-order valence-corrected chi connectivity index (χ2v) is 3.47. The number of nitrogens with one attached hydrogen (secondary N) is 3. The van der Waals surface area contributed by atoms with Crippen LogP contribution in [0, 0.1) is 0 Å². The van der Waals surface area contributed by atoms with E-state index in [9.17, 15) is 14.7 Å². The van der Waals surface area contributed by atoms with Gasteiger partial charge in [-0.3, -0.25) is 4.79 Å². The van der Waals surface area contributed by atoms with E-state index >= 15 is 0 Å². The molecule has 6 nitrogen and oxygen atoms in total. The van der Waals surface area contributed by atoms with Crippen molar-refractivity contribution >= 4 is 5.91 Å². The maximum Gasteiger partial charge on any atom is 0.323 e. The van der Waals surface area contributed by atoms with Gasteiger partial charge >= 0.3 is 5.69 Å². The van der Waals surface area contributed by atoms with E-state index in [0.29, 0.717) is 5.56 Å². The van der Waals surface area contributed by atoms with Crippen molar-refractivity contribution in [2.24, 2.45) is 0 Å². The van der Waals surface area contributed by atoms with Crippen molar-refractivity contribution < 1.29 is 9.90 Å². The number of para-hydroxylation sites is 1. The third-order valence-corrected chi connectivity index (χ3v) is 2.27. The summed E-state index contributed by atoms with van der Waals surface area (Å²) in [5.74, 6) is -0.290. The van der Waals surface area contributed by atoms with Crippen LogP contribution in [0.25, 0.3) is 0 Å². The molecule has 0 spiro atoms.